The molecule has 28 heavy (non-hydrogen) atoms. The molecule has 1 saturated heterocycles. The number of hydrogen-bond donors (Lipinski definition) is 1. The molecule has 144 valence electrons. The lowest BCUT2D eigenvalue weighted by atomic mass is 10.3. The van der Waals surface area contributed by atoms with E-state index in [1.165, 1.54) is 4.90 Å². The molecule has 3 heterocycles. The highest BCUT2D eigenvalue weighted by atomic mass is 16.6. The number of carbonyl (C=O) groups excluding carboxylic acids is 1. The Kier molecular flexibility index (Phi) is 4.75. The molecule has 10 heteroatoms. The van der Waals surface area contributed by atoms with E-state index in [0.717, 1.165) is 17.1 Å². The quantitative estimate of drug-likeness (QED) is 0.690. The number of anilines is 2. The van der Waals surface area contributed by atoms with Crippen LogP contribution in [-0.4, -0.2) is 50.9 Å². The van der Waals surface area contributed by atoms with Gasteiger partial charge in [-0.2, -0.15) is 15.0 Å². The number of cyclic esters (lactones) is 1. The van der Waals surface area contributed by atoms with Gasteiger partial charge in [-0.05, 0) is 19.1 Å². The number of rotatable bonds is 6. The molecule has 1 aliphatic heterocycles. The number of para-hydroxylation sites is 2. The summed E-state index contributed by atoms with van der Waals surface area (Å²) in [6, 6.07) is 7.70. The molecule has 2 aromatic heterocycles. The summed E-state index contributed by atoms with van der Waals surface area (Å²) in [5.74, 6) is 1.91. The second-order valence-electron chi connectivity index (χ2n) is 6.07. The van der Waals surface area contributed by atoms with Crippen molar-refractivity contribution in [1.82, 2.24) is 24.5 Å². The van der Waals surface area contributed by atoms with Gasteiger partial charge in [0.15, 0.2) is 0 Å². The predicted octanol–water partition coefficient (Wildman–Crippen LogP) is 1.94. The minimum Gasteiger partial charge on any atom is -0.495 e. The van der Waals surface area contributed by atoms with Gasteiger partial charge in [-0.1, -0.05) is 12.1 Å². The molecule has 0 aliphatic carbocycles. The van der Waals surface area contributed by atoms with E-state index >= 15 is 0 Å². The van der Waals surface area contributed by atoms with Crippen LogP contribution in [0.4, 0.5) is 16.7 Å². The fourth-order valence-electron chi connectivity index (χ4n) is 2.84. The Balaban J connectivity index is 1.49. The number of nitrogens with zero attached hydrogens (tertiary/aromatic N) is 6. The average Bonchev–Trinajstić information content (AvgIpc) is 3.35. The van der Waals surface area contributed by atoms with Gasteiger partial charge < -0.3 is 19.4 Å². The molecule has 0 atom stereocenters. The van der Waals surface area contributed by atoms with Crippen molar-refractivity contribution in [2.24, 2.45) is 0 Å². The normalized spacial score (nSPS) is 13.5. The van der Waals surface area contributed by atoms with E-state index < -0.39 is 6.09 Å². The summed E-state index contributed by atoms with van der Waals surface area (Å²) in [5, 5.41) is 3.13. The predicted molar refractivity (Wildman–Crippen MR) is 101 cm³/mol. The maximum Gasteiger partial charge on any atom is 0.416 e. The van der Waals surface area contributed by atoms with Crippen LogP contribution in [0.3, 0.4) is 0 Å². The molecule has 0 spiro atoms. The maximum absolute atomic E-state index is 11.7. The van der Waals surface area contributed by atoms with Crippen molar-refractivity contribution in [2.75, 3.05) is 30.5 Å². The molecule has 10 nitrogen and oxygen atoms in total. The number of amides is 1. The first-order valence-electron chi connectivity index (χ1n) is 8.71. The molecule has 0 unspecified atom stereocenters. The van der Waals surface area contributed by atoms with E-state index in [9.17, 15) is 4.79 Å². The highest BCUT2D eigenvalue weighted by molar-refractivity contribution is 5.87. The second kappa shape index (κ2) is 7.51. The maximum atomic E-state index is 11.7. The number of aromatic nitrogens is 5. The first kappa shape index (κ1) is 17.7. The van der Waals surface area contributed by atoms with Crippen molar-refractivity contribution in [3.05, 3.63) is 48.3 Å². The highest BCUT2D eigenvalue weighted by Crippen LogP contribution is 2.22. The first-order chi connectivity index (χ1) is 13.6. The van der Waals surface area contributed by atoms with Crippen LogP contribution in [0.25, 0.3) is 5.69 Å². The van der Waals surface area contributed by atoms with Crippen molar-refractivity contribution >= 4 is 18.0 Å². The lowest BCUT2D eigenvalue weighted by Gasteiger charge is -2.12. The zero-order valence-electron chi connectivity index (χ0n) is 15.5. The van der Waals surface area contributed by atoms with Crippen molar-refractivity contribution in [3.63, 3.8) is 0 Å². The fourth-order valence-corrected chi connectivity index (χ4v) is 2.84. The summed E-state index contributed by atoms with van der Waals surface area (Å²) in [7, 11) is 1.63. The highest BCUT2D eigenvalue weighted by Gasteiger charge is 2.26. The van der Waals surface area contributed by atoms with E-state index in [1.807, 2.05) is 35.0 Å². The van der Waals surface area contributed by atoms with Crippen LogP contribution >= 0.6 is 0 Å². The Morgan fingerprint density at radius 3 is 2.89 bits per heavy atom. The fraction of sp³-hybridized carbons (Fsp3) is 0.278. The molecule has 0 radical (unpaired) electrons. The third-order valence-corrected chi connectivity index (χ3v) is 4.16. The van der Waals surface area contributed by atoms with Crippen LogP contribution in [0.15, 0.2) is 36.8 Å². The first-order valence-corrected chi connectivity index (χ1v) is 8.71. The van der Waals surface area contributed by atoms with Gasteiger partial charge in [0.2, 0.25) is 11.9 Å². The van der Waals surface area contributed by atoms with E-state index in [1.54, 1.807) is 20.4 Å². The van der Waals surface area contributed by atoms with E-state index in [4.69, 9.17) is 9.47 Å². The number of hydrogen-bond acceptors (Lipinski definition) is 8. The molecule has 4 rings (SSSR count). The lowest BCUT2D eigenvalue weighted by molar-refractivity contribution is 0.181. The molecular formula is C18H19N7O3. The Morgan fingerprint density at radius 2 is 2.11 bits per heavy atom. The number of nitrogens with one attached hydrogen (secondary N) is 1. The Bertz CT molecular complexity index is 1000. The molecular weight excluding hydrogens is 362 g/mol. The average molecular weight is 381 g/mol. The van der Waals surface area contributed by atoms with Crippen LogP contribution in [-0.2, 0) is 11.3 Å². The van der Waals surface area contributed by atoms with Crippen LogP contribution in [0.5, 0.6) is 5.75 Å². The zero-order chi connectivity index (χ0) is 19.5. The summed E-state index contributed by atoms with van der Waals surface area (Å²) in [5.41, 5.74) is 1.70. The third kappa shape index (κ3) is 3.56. The molecule has 1 fully saturated rings. The molecule has 1 amide bonds. The summed E-state index contributed by atoms with van der Waals surface area (Å²) >= 11 is 0. The van der Waals surface area contributed by atoms with Crippen molar-refractivity contribution in [2.45, 2.75) is 13.5 Å². The van der Waals surface area contributed by atoms with Gasteiger partial charge in [0.1, 0.15) is 18.2 Å². The number of imidazole rings is 1. The molecule has 1 aromatic carbocycles. The summed E-state index contributed by atoms with van der Waals surface area (Å²) < 4.78 is 12.2. The zero-order valence-corrected chi connectivity index (χ0v) is 15.5. The van der Waals surface area contributed by atoms with Gasteiger partial charge in [0, 0.05) is 6.20 Å². The van der Waals surface area contributed by atoms with E-state index in [0.29, 0.717) is 31.5 Å². The van der Waals surface area contributed by atoms with Gasteiger partial charge >= 0.3 is 6.09 Å². The number of ether oxygens (including phenoxy) is 2. The van der Waals surface area contributed by atoms with Gasteiger partial charge in [-0.3, -0.25) is 0 Å². The summed E-state index contributed by atoms with van der Waals surface area (Å²) in [6.07, 6.45) is 3.17. The standard InChI is InChI=1S/C18H19N7O3/c1-12-21-16(23-17(22-12)25-7-8-28-18(25)26)19-9-13-10-24(11-20-13)14-5-3-4-6-15(14)27-2/h3-6,10-11H,7-9H2,1-2H3,(H,19,21,22,23). The third-order valence-electron chi connectivity index (χ3n) is 4.16. The molecule has 0 bridgehead atoms. The van der Waals surface area contributed by atoms with Crippen molar-refractivity contribution in [3.8, 4) is 11.4 Å². The van der Waals surface area contributed by atoms with Crippen LogP contribution in [0, 0.1) is 6.92 Å². The molecule has 0 saturated carbocycles. The van der Waals surface area contributed by atoms with Gasteiger partial charge in [-0.25, -0.2) is 14.7 Å². The Morgan fingerprint density at radius 1 is 1.25 bits per heavy atom. The smallest absolute Gasteiger partial charge is 0.416 e. The number of methoxy groups -OCH3 is 1. The number of aryl methyl sites for hydroxylation is 1. The Hall–Kier alpha value is -3.69. The number of benzene rings is 1. The van der Waals surface area contributed by atoms with Crippen LogP contribution in [0.1, 0.15) is 11.5 Å². The second-order valence-corrected chi connectivity index (χ2v) is 6.07. The van der Waals surface area contributed by atoms with E-state index in [-0.39, 0.29) is 5.95 Å². The molecule has 1 N–H and O–H groups in total. The topological polar surface area (TPSA) is 107 Å². The SMILES string of the molecule is COc1ccccc1-n1cnc(CNc2nc(C)nc(N3CCOC3=O)n2)c1. The van der Waals surface area contributed by atoms with Gasteiger partial charge in [0.05, 0.1) is 37.9 Å². The van der Waals surface area contributed by atoms with Gasteiger partial charge in [0.25, 0.3) is 0 Å². The minimum absolute atomic E-state index is 0.275. The number of carbonyl (C=O) groups is 1. The molecule has 1 aliphatic rings. The molecule has 3 aromatic rings. The minimum atomic E-state index is -0.452. The van der Waals surface area contributed by atoms with Gasteiger partial charge in [-0.15, -0.1) is 0 Å². The summed E-state index contributed by atoms with van der Waals surface area (Å²) in [4.78, 5) is 30.3. The monoisotopic (exact) mass is 381 g/mol. The largest absolute Gasteiger partial charge is 0.495 e. The van der Waals surface area contributed by atoms with Crippen molar-refractivity contribution < 1.29 is 14.3 Å². The lowest BCUT2D eigenvalue weighted by Crippen LogP contribution is -2.26. The Labute approximate surface area is 161 Å². The van der Waals surface area contributed by atoms with Crippen molar-refractivity contribution in [1.29, 1.82) is 0 Å². The van der Waals surface area contributed by atoms with Crippen LogP contribution in [0.2, 0.25) is 0 Å². The van der Waals surface area contributed by atoms with Crippen LogP contribution < -0.4 is 15.0 Å². The summed E-state index contributed by atoms with van der Waals surface area (Å²) in [6.45, 7) is 2.90. The van der Waals surface area contributed by atoms with E-state index in [2.05, 4.69) is 25.3 Å².